The van der Waals surface area contributed by atoms with Crippen LogP contribution in [0, 0.1) is 0 Å². The van der Waals surface area contributed by atoms with E-state index in [2.05, 4.69) is 20.1 Å². The summed E-state index contributed by atoms with van der Waals surface area (Å²) in [6, 6.07) is 12.9. The molecule has 0 spiro atoms. The summed E-state index contributed by atoms with van der Waals surface area (Å²) in [5, 5.41) is 18.2. The molecule has 2 aromatic carbocycles. The number of aryl methyl sites for hydroxylation is 1. The van der Waals surface area contributed by atoms with E-state index in [9.17, 15) is 18.7 Å². The molecule has 0 aliphatic carbocycles. The Morgan fingerprint density at radius 2 is 1.90 bits per heavy atom. The van der Waals surface area contributed by atoms with E-state index in [4.69, 9.17) is 0 Å². The summed E-state index contributed by atoms with van der Waals surface area (Å²) in [4.78, 5) is 16.7. The first-order valence-electron chi connectivity index (χ1n) is 9.33. The molecule has 0 aliphatic rings. The van der Waals surface area contributed by atoms with E-state index in [1.54, 1.807) is 30.2 Å². The molecule has 0 radical (unpaired) electrons. The van der Waals surface area contributed by atoms with Crippen LogP contribution in [-0.4, -0.2) is 32.4 Å². The quantitative estimate of drug-likeness (QED) is 0.489. The summed E-state index contributed by atoms with van der Waals surface area (Å²) in [6.45, 7) is -3.06. The molecular weight excluding hydrogens is 406 g/mol. The number of rotatable bonds is 6. The molecule has 0 atom stereocenters. The van der Waals surface area contributed by atoms with Crippen LogP contribution < -0.4 is 10.1 Å². The molecule has 2 heterocycles. The molecule has 9 heteroatoms. The van der Waals surface area contributed by atoms with Crippen molar-refractivity contribution in [1.29, 1.82) is 0 Å². The number of hydrogen-bond acceptors (Lipinski definition) is 5. The number of alkyl halides is 2. The minimum atomic E-state index is -2.92. The summed E-state index contributed by atoms with van der Waals surface area (Å²) in [7, 11) is 1.76. The van der Waals surface area contributed by atoms with Crippen molar-refractivity contribution >= 4 is 22.5 Å². The van der Waals surface area contributed by atoms with Gasteiger partial charge in [-0.05, 0) is 47.3 Å². The fourth-order valence-corrected chi connectivity index (χ4v) is 3.24. The maximum absolute atomic E-state index is 12.5. The molecule has 0 unspecified atom stereocenters. The number of aliphatic hydroxyl groups is 1. The van der Waals surface area contributed by atoms with Crippen LogP contribution >= 0.6 is 0 Å². The van der Waals surface area contributed by atoms with Crippen LogP contribution in [-0.2, 0) is 13.7 Å². The van der Waals surface area contributed by atoms with Crippen LogP contribution in [0.3, 0.4) is 0 Å². The molecule has 1 amide bonds. The Bertz CT molecular complexity index is 1240. The number of nitrogens with zero attached hydrogens (tertiary/aromatic N) is 3. The second-order valence-corrected chi connectivity index (χ2v) is 6.78. The van der Waals surface area contributed by atoms with Gasteiger partial charge < -0.3 is 15.2 Å². The first-order valence-corrected chi connectivity index (χ1v) is 9.33. The van der Waals surface area contributed by atoms with E-state index in [-0.39, 0.29) is 17.9 Å². The van der Waals surface area contributed by atoms with Crippen LogP contribution in [0.5, 0.6) is 5.75 Å². The number of ether oxygens (including phenoxy) is 1. The highest BCUT2D eigenvalue weighted by Gasteiger charge is 2.12. The van der Waals surface area contributed by atoms with Crippen LogP contribution in [0.1, 0.15) is 16.1 Å². The van der Waals surface area contributed by atoms with E-state index < -0.39 is 12.5 Å². The Morgan fingerprint density at radius 1 is 1.13 bits per heavy atom. The molecule has 2 N–H and O–H groups in total. The Labute approximate surface area is 175 Å². The molecule has 0 saturated heterocycles. The maximum Gasteiger partial charge on any atom is 0.387 e. The van der Waals surface area contributed by atoms with Crippen LogP contribution in [0.4, 0.5) is 14.6 Å². The van der Waals surface area contributed by atoms with Gasteiger partial charge in [-0.3, -0.25) is 9.48 Å². The maximum atomic E-state index is 12.5. The van der Waals surface area contributed by atoms with Crippen molar-refractivity contribution in [3.8, 4) is 16.9 Å². The van der Waals surface area contributed by atoms with Gasteiger partial charge in [-0.25, -0.2) is 4.98 Å². The summed E-state index contributed by atoms with van der Waals surface area (Å²) in [5.41, 5.74) is 2.67. The Hall–Kier alpha value is -3.85. The third kappa shape index (κ3) is 4.36. The van der Waals surface area contributed by atoms with Gasteiger partial charge in [0, 0.05) is 29.8 Å². The summed E-state index contributed by atoms with van der Waals surface area (Å²) >= 11 is 0. The number of carbonyl (C=O) groups excluding carboxylic acids is 1. The lowest BCUT2D eigenvalue weighted by molar-refractivity contribution is -0.0498. The summed E-state index contributed by atoms with van der Waals surface area (Å²) in [6.07, 6.45) is 3.34. The van der Waals surface area contributed by atoms with Crippen LogP contribution in [0.2, 0.25) is 0 Å². The second-order valence-electron chi connectivity index (χ2n) is 6.78. The first-order chi connectivity index (χ1) is 14.9. The van der Waals surface area contributed by atoms with Crippen molar-refractivity contribution in [2.45, 2.75) is 13.2 Å². The predicted molar refractivity (Wildman–Crippen MR) is 111 cm³/mol. The summed E-state index contributed by atoms with van der Waals surface area (Å²) < 4.78 is 30.4. The zero-order chi connectivity index (χ0) is 22.0. The molecule has 0 aliphatic heterocycles. The molecule has 7 nitrogen and oxygen atoms in total. The number of anilines is 1. The van der Waals surface area contributed by atoms with Gasteiger partial charge in [-0.15, -0.1) is 0 Å². The number of amides is 1. The lowest BCUT2D eigenvalue weighted by Gasteiger charge is -2.09. The number of aromatic nitrogens is 3. The van der Waals surface area contributed by atoms with Crippen LogP contribution in [0.25, 0.3) is 21.9 Å². The number of hydrogen-bond donors (Lipinski definition) is 2. The number of carbonyl (C=O) groups is 1. The van der Waals surface area contributed by atoms with E-state index >= 15 is 0 Å². The second kappa shape index (κ2) is 8.49. The van der Waals surface area contributed by atoms with Crippen LogP contribution in [0.15, 0.2) is 60.9 Å². The molecule has 0 bridgehead atoms. The molecule has 158 valence electrons. The molecule has 0 fully saturated rings. The molecule has 31 heavy (non-hydrogen) atoms. The molecule has 4 aromatic rings. The third-order valence-electron chi connectivity index (χ3n) is 4.83. The van der Waals surface area contributed by atoms with Crippen molar-refractivity contribution in [3.05, 3.63) is 72.2 Å². The lowest BCUT2D eigenvalue weighted by Crippen LogP contribution is -2.13. The van der Waals surface area contributed by atoms with Gasteiger partial charge in [0.05, 0.1) is 18.5 Å². The number of nitrogens with one attached hydrogen (secondary N) is 1. The van der Waals surface area contributed by atoms with E-state index in [1.807, 2.05) is 18.2 Å². The Balaban J connectivity index is 1.57. The SMILES string of the molecule is Cn1ncc(-c2ccc3cnc(NC(=O)c4ccc(OC(F)F)cc4)cc3c2)c1CO. The van der Waals surface area contributed by atoms with E-state index in [0.717, 1.165) is 21.9 Å². The normalized spacial score (nSPS) is 11.1. The monoisotopic (exact) mass is 424 g/mol. The first kappa shape index (κ1) is 20.4. The topological polar surface area (TPSA) is 89.3 Å². The number of benzene rings is 2. The highest BCUT2D eigenvalue weighted by molar-refractivity contribution is 6.04. The van der Waals surface area contributed by atoms with Gasteiger partial charge in [0.25, 0.3) is 5.91 Å². The molecule has 4 rings (SSSR count). The van der Waals surface area contributed by atoms with Gasteiger partial charge in [-0.1, -0.05) is 12.1 Å². The largest absolute Gasteiger partial charge is 0.435 e. The van der Waals surface area contributed by atoms with Gasteiger partial charge in [0.2, 0.25) is 0 Å². The smallest absolute Gasteiger partial charge is 0.387 e. The molecule has 2 aromatic heterocycles. The predicted octanol–water partition coefficient (Wildman–Crippen LogP) is 3.98. The lowest BCUT2D eigenvalue weighted by atomic mass is 10.0. The van der Waals surface area contributed by atoms with Crippen molar-refractivity contribution in [2.24, 2.45) is 7.05 Å². The molecular formula is C22H18F2N4O3. The highest BCUT2D eigenvalue weighted by Crippen LogP contribution is 2.28. The fourth-order valence-electron chi connectivity index (χ4n) is 3.24. The summed E-state index contributed by atoms with van der Waals surface area (Å²) in [5.74, 6) is -0.113. The third-order valence-corrected chi connectivity index (χ3v) is 4.83. The zero-order valence-electron chi connectivity index (χ0n) is 16.4. The average Bonchev–Trinajstić information content (AvgIpc) is 3.13. The standard InChI is InChI=1S/C22H18F2N4O3/c1-28-19(12-29)18(11-26-28)14-2-3-15-10-25-20(9-16(15)8-14)27-21(30)13-4-6-17(7-5-13)31-22(23)24/h2-11,22,29H,12H2,1H3,(H,25,27,30). The van der Waals surface area contributed by atoms with Crippen molar-refractivity contribution in [1.82, 2.24) is 14.8 Å². The van der Waals surface area contributed by atoms with Crippen molar-refractivity contribution < 1.29 is 23.4 Å². The minimum Gasteiger partial charge on any atom is -0.435 e. The van der Waals surface area contributed by atoms with Crippen molar-refractivity contribution in [2.75, 3.05) is 5.32 Å². The highest BCUT2D eigenvalue weighted by atomic mass is 19.3. The van der Waals surface area contributed by atoms with Crippen molar-refractivity contribution in [3.63, 3.8) is 0 Å². The number of pyridine rings is 1. The zero-order valence-corrected chi connectivity index (χ0v) is 16.4. The van der Waals surface area contributed by atoms with E-state index in [0.29, 0.717) is 11.5 Å². The van der Waals surface area contributed by atoms with Gasteiger partial charge in [0.1, 0.15) is 11.6 Å². The average molecular weight is 424 g/mol. The number of aliphatic hydroxyl groups excluding tert-OH is 1. The van der Waals surface area contributed by atoms with Gasteiger partial charge in [0.15, 0.2) is 0 Å². The van der Waals surface area contributed by atoms with Gasteiger partial charge >= 0.3 is 6.61 Å². The Kier molecular flexibility index (Phi) is 5.59. The fraction of sp³-hybridized carbons (Fsp3) is 0.136. The number of fused-ring (bicyclic) bond motifs is 1. The Morgan fingerprint density at radius 3 is 2.61 bits per heavy atom. The minimum absolute atomic E-state index is 0.0273. The van der Waals surface area contributed by atoms with Gasteiger partial charge in [-0.2, -0.15) is 13.9 Å². The van der Waals surface area contributed by atoms with E-state index in [1.165, 1.54) is 24.3 Å². The number of halogens is 2. The molecule has 0 saturated carbocycles.